The molecular formula is C39H50ClN7O4. The predicted octanol–water partition coefficient (Wildman–Crippen LogP) is 4.16. The number of ether oxygens (including phenoxy) is 1. The maximum atomic E-state index is 15.1. The molecule has 272 valence electrons. The molecule has 2 aromatic rings. The number of likely N-dealkylation sites (tertiary alicyclic amines) is 1. The lowest BCUT2D eigenvalue weighted by Gasteiger charge is -2.41. The van der Waals surface area contributed by atoms with E-state index in [1.54, 1.807) is 12.3 Å². The Morgan fingerprint density at radius 2 is 1.67 bits per heavy atom. The van der Waals surface area contributed by atoms with Crippen LogP contribution in [0.1, 0.15) is 68.9 Å². The topological polar surface area (TPSA) is 113 Å². The maximum absolute atomic E-state index is 15.1. The summed E-state index contributed by atoms with van der Waals surface area (Å²) >= 11 is 6.29. The molecule has 1 aromatic carbocycles. The van der Waals surface area contributed by atoms with Gasteiger partial charge in [-0.05, 0) is 87.7 Å². The third-order valence-electron chi connectivity index (χ3n) is 12.0. The first-order valence-electron chi connectivity index (χ1n) is 18.8. The Morgan fingerprint density at radius 1 is 0.922 bits per heavy atom. The summed E-state index contributed by atoms with van der Waals surface area (Å²) in [6.45, 7) is 6.96. The van der Waals surface area contributed by atoms with Crippen molar-refractivity contribution in [1.82, 2.24) is 24.6 Å². The van der Waals surface area contributed by atoms with E-state index in [-0.39, 0.29) is 35.7 Å². The summed E-state index contributed by atoms with van der Waals surface area (Å²) in [5, 5.41) is 9.97. The van der Waals surface area contributed by atoms with Crippen LogP contribution in [-0.4, -0.2) is 126 Å². The van der Waals surface area contributed by atoms with Crippen LogP contribution in [0.25, 0.3) is 0 Å². The van der Waals surface area contributed by atoms with Crippen molar-refractivity contribution in [2.75, 3.05) is 64.4 Å². The van der Waals surface area contributed by atoms with E-state index in [4.69, 9.17) is 16.3 Å². The molecule has 4 saturated heterocycles. The van der Waals surface area contributed by atoms with Crippen molar-refractivity contribution in [3.63, 3.8) is 0 Å². The fourth-order valence-electron chi connectivity index (χ4n) is 8.99. The third-order valence-corrected chi connectivity index (χ3v) is 12.3. The summed E-state index contributed by atoms with van der Waals surface area (Å²) in [4.78, 5) is 58.7. The molecule has 0 unspecified atom stereocenters. The highest BCUT2D eigenvalue weighted by Crippen LogP contribution is 2.40. The normalized spacial score (nSPS) is 30.0. The monoisotopic (exact) mass is 715 g/mol. The molecule has 0 radical (unpaired) electrons. The van der Waals surface area contributed by atoms with E-state index in [9.17, 15) is 14.9 Å². The Balaban J connectivity index is 1.21. The molecule has 0 N–H and O–H groups in total. The first-order chi connectivity index (χ1) is 24.7. The van der Waals surface area contributed by atoms with Crippen molar-refractivity contribution in [3.8, 4) is 6.07 Å². The van der Waals surface area contributed by atoms with Crippen LogP contribution < -0.4 is 4.90 Å². The lowest BCUT2D eigenvalue weighted by molar-refractivity contribution is -0.148. The molecule has 4 aliphatic heterocycles. The second-order valence-electron chi connectivity index (χ2n) is 15.4. The molecule has 3 amide bonds. The molecular weight excluding hydrogens is 666 g/mol. The van der Waals surface area contributed by atoms with Gasteiger partial charge in [-0.3, -0.25) is 14.4 Å². The first-order valence-corrected chi connectivity index (χ1v) is 19.2. The second kappa shape index (κ2) is 15.5. The predicted molar refractivity (Wildman–Crippen MR) is 194 cm³/mol. The van der Waals surface area contributed by atoms with Crippen molar-refractivity contribution >= 4 is 35.1 Å². The summed E-state index contributed by atoms with van der Waals surface area (Å²) in [7, 11) is 2.06. The van der Waals surface area contributed by atoms with Crippen LogP contribution in [0.5, 0.6) is 0 Å². The maximum Gasteiger partial charge on any atom is 0.252 e. The molecule has 5 aliphatic rings. The highest BCUT2D eigenvalue weighted by molar-refractivity contribution is 6.30. The summed E-state index contributed by atoms with van der Waals surface area (Å²) in [5.41, 5.74) is 1.47. The number of halogens is 1. The Kier molecular flexibility index (Phi) is 10.8. The Labute approximate surface area is 306 Å². The van der Waals surface area contributed by atoms with Gasteiger partial charge in [-0.1, -0.05) is 30.7 Å². The quantitative estimate of drug-likeness (QED) is 0.420. The van der Waals surface area contributed by atoms with E-state index in [0.717, 1.165) is 50.8 Å². The fourth-order valence-corrected chi connectivity index (χ4v) is 9.12. The van der Waals surface area contributed by atoms with Gasteiger partial charge in [-0.2, -0.15) is 5.26 Å². The van der Waals surface area contributed by atoms with Gasteiger partial charge in [0, 0.05) is 75.6 Å². The van der Waals surface area contributed by atoms with Crippen LogP contribution in [0.15, 0.2) is 42.6 Å². The molecule has 0 bridgehead atoms. The van der Waals surface area contributed by atoms with Crippen molar-refractivity contribution < 1.29 is 19.1 Å². The Hall–Kier alpha value is -3.72. The Bertz CT molecular complexity index is 1590. The summed E-state index contributed by atoms with van der Waals surface area (Å²) in [6, 6.07) is 12.5. The molecule has 0 spiro atoms. The molecule has 1 saturated carbocycles. The lowest BCUT2D eigenvalue weighted by Crippen LogP contribution is -2.54. The Morgan fingerprint density at radius 3 is 2.31 bits per heavy atom. The van der Waals surface area contributed by atoms with Gasteiger partial charge in [0.1, 0.15) is 24.0 Å². The summed E-state index contributed by atoms with van der Waals surface area (Å²) in [6.07, 6.45) is 7.07. The molecule has 1 aromatic heterocycles. The second-order valence-corrected chi connectivity index (χ2v) is 15.8. The number of piperazine rings is 1. The number of likely N-dealkylation sites (N-methyl/N-ethyl adjacent to an activating group) is 1. The van der Waals surface area contributed by atoms with Crippen LogP contribution >= 0.6 is 11.6 Å². The number of hydrogen-bond donors (Lipinski definition) is 0. The van der Waals surface area contributed by atoms with Gasteiger partial charge in [-0.15, -0.1) is 0 Å². The van der Waals surface area contributed by atoms with Crippen molar-refractivity contribution in [2.45, 2.75) is 82.0 Å². The van der Waals surface area contributed by atoms with E-state index in [1.807, 2.05) is 40.1 Å². The van der Waals surface area contributed by atoms with E-state index in [2.05, 4.69) is 39.7 Å². The highest BCUT2D eigenvalue weighted by Gasteiger charge is 2.51. The van der Waals surface area contributed by atoms with Crippen molar-refractivity contribution in [2.24, 2.45) is 11.8 Å². The number of carbonyl (C=O) groups excluding carboxylic acids is 3. The minimum Gasteiger partial charge on any atom is -0.368 e. The average molecular weight is 716 g/mol. The summed E-state index contributed by atoms with van der Waals surface area (Å²) in [5.74, 6) is 0.630. The van der Waals surface area contributed by atoms with E-state index in [1.165, 1.54) is 0 Å². The van der Waals surface area contributed by atoms with Gasteiger partial charge in [0.15, 0.2) is 0 Å². The van der Waals surface area contributed by atoms with E-state index in [0.29, 0.717) is 74.5 Å². The first kappa shape index (κ1) is 35.7. The minimum atomic E-state index is -0.652. The average Bonchev–Trinajstić information content (AvgIpc) is 3.94. The van der Waals surface area contributed by atoms with Crippen LogP contribution in [0.3, 0.4) is 0 Å². The highest BCUT2D eigenvalue weighted by atomic mass is 35.5. The van der Waals surface area contributed by atoms with Crippen molar-refractivity contribution in [1.29, 1.82) is 5.26 Å². The van der Waals surface area contributed by atoms with Gasteiger partial charge in [0.05, 0.1) is 17.5 Å². The standard InChI is InChI=1S/C39H50ClN7O4/c1-26-5-12-30(13-6-26)47(39(50)35-4-3-19-51-35)31-20-34(38(49)44-17-15-43(2)16-18-44)46(23-31)37(48)33-25-45(36-14-7-27(21-41)22-42-36)24-32(33)28-8-10-29(40)11-9-28/h7-11,14,22,26,30-35H,3-6,12-13,15-20,23-25H2,1-2H3/t26-,30+,31-,32-,33+,34-,35-/m0/s1. The van der Waals surface area contributed by atoms with Gasteiger partial charge < -0.3 is 29.2 Å². The molecule has 5 atom stereocenters. The SMILES string of the molecule is CN1CCN(C(=O)[C@@H]2C[C@H](N(C(=O)[C@@H]3CCCO3)[C@H]3CC[C@@H](C)CC3)CN2C(=O)[C@@H]2CN(c3ccc(C#N)cn3)C[C@H]2c2ccc(Cl)cc2)CC1. The fraction of sp³-hybridized carbons (Fsp3) is 0.615. The number of rotatable bonds is 7. The number of aromatic nitrogens is 1. The summed E-state index contributed by atoms with van der Waals surface area (Å²) < 4.78 is 5.95. The minimum absolute atomic E-state index is 0.0209. The number of anilines is 1. The van der Waals surface area contributed by atoms with Crippen LogP contribution in [0, 0.1) is 23.2 Å². The van der Waals surface area contributed by atoms with Gasteiger partial charge in [0.25, 0.3) is 5.91 Å². The zero-order chi connectivity index (χ0) is 35.6. The zero-order valence-electron chi connectivity index (χ0n) is 29.8. The lowest BCUT2D eigenvalue weighted by atomic mass is 9.85. The molecule has 12 heteroatoms. The number of amides is 3. The smallest absolute Gasteiger partial charge is 0.252 e. The number of pyridine rings is 1. The van der Waals surface area contributed by atoms with Gasteiger partial charge in [0.2, 0.25) is 11.8 Å². The molecule has 1 aliphatic carbocycles. The number of benzene rings is 1. The number of carbonyl (C=O) groups is 3. The van der Waals surface area contributed by atoms with E-state index < -0.39 is 18.1 Å². The molecule has 5 heterocycles. The molecule has 7 rings (SSSR count). The zero-order valence-corrected chi connectivity index (χ0v) is 30.6. The van der Waals surface area contributed by atoms with Crippen LogP contribution in [0.2, 0.25) is 5.02 Å². The molecule has 5 fully saturated rings. The molecule has 11 nitrogen and oxygen atoms in total. The van der Waals surface area contributed by atoms with Crippen LogP contribution in [-0.2, 0) is 19.1 Å². The van der Waals surface area contributed by atoms with Gasteiger partial charge in [-0.25, -0.2) is 4.98 Å². The number of nitriles is 1. The third kappa shape index (κ3) is 7.60. The van der Waals surface area contributed by atoms with Gasteiger partial charge >= 0.3 is 0 Å². The van der Waals surface area contributed by atoms with E-state index >= 15 is 4.79 Å². The van der Waals surface area contributed by atoms with Crippen molar-refractivity contribution in [3.05, 3.63) is 58.7 Å². The number of hydrogen-bond acceptors (Lipinski definition) is 8. The number of nitrogens with zero attached hydrogens (tertiary/aromatic N) is 7. The molecule has 51 heavy (non-hydrogen) atoms. The van der Waals surface area contributed by atoms with Crippen LogP contribution in [0.4, 0.5) is 5.82 Å². The largest absolute Gasteiger partial charge is 0.368 e.